The maximum absolute atomic E-state index is 8.52. The summed E-state index contributed by atoms with van der Waals surface area (Å²) in [4.78, 5) is 4.63. The van der Waals surface area contributed by atoms with Crippen molar-refractivity contribution < 1.29 is 4.74 Å². The van der Waals surface area contributed by atoms with Gasteiger partial charge in [-0.3, -0.25) is 15.7 Å². The van der Waals surface area contributed by atoms with Crippen molar-refractivity contribution in [1.29, 1.82) is 10.8 Å². The van der Waals surface area contributed by atoms with E-state index in [1.165, 1.54) is 32.1 Å². The average molecular weight is 441 g/mol. The fourth-order valence-corrected chi connectivity index (χ4v) is 4.47. The van der Waals surface area contributed by atoms with E-state index in [0.717, 1.165) is 39.0 Å². The number of nitrogens with one attached hydrogen (secondary N) is 2. The first-order valence-electron chi connectivity index (χ1n) is 11.9. The van der Waals surface area contributed by atoms with E-state index in [1.807, 2.05) is 4.90 Å². The summed E-state index contributed by atoms with van der Waals surface area (Å²) in [6, 6.07) is 0.712. The molecule has 1 heterocycles. The molecule has 7 heteroatoms. The zero-order chi connectivity index (χ0) is 23.1. The molecule has 1 aliphatic heterocycles. The second-order valence-electron chi connectivity index (χ2n) is 9.41. The van der Waals surface area contributed by atoms with Gasteiger partial charge in [-0.15, -0.1) is 0 Å². The zero-order valence-corrected chi connectivity index (χ0v) is 19.5. The van der Waals surface area contributed by atoms with E-state index in [0.29, 0.717) is 23.2 Å². The van der Waals surface area contributed by atoms with Gasteiger partial charge in [-0.1, -0.05) is 31.9 Å². The predicted octanol–water partition coefficient (Wildman–Crippen LogP) is 3.30. The molecule has 0 unspecified atom stereocenters. The predicted molar refractivity (Wildman–Crippen MR) is 132 cm³/mol. The molecule has 0 aromatic heterocycles. The van der Waals surface area contributed by atoms with Gasteiger partial charge in [0, 0.05) is 44.8 Å². The molecule has 32 heavy (non-hydrogen) atoms. The molecule has 3 rings (SSSR count). The Labute approximate surface area is 192 Å². The molecule has 0 aromatic rings. The maximum atomic E-state index is 8.52. The van der Waals surface area contributed by atoms with Crippen molar-refractivity contribution in [3.63, 3.8) is 0 Å². The quantitative estimate of drug-likeness (QED) is 0.190. The van der Waals surface area contributed by atoms with Crippen molar-refractivity contribution in [3.05, 3.63) is 47.9 Å². The third-order valence-corrected chi connectivity index (χ3v) is 6.78. The first kappa shape index (κ1) is 24.3. The molecule has 0 spiro atoms. The summed E-state index contributed by atoms with van der Waals surface area (Å²) >= 11 is 0. The first-order chi connectivity index (χ1) is 15.3. The van der Waals surface area contributed by atoms with Crippen LogP contribution in [0.4, 0.5) is 0 Å². The van der Waals surface area contributed by atoms with Crippen LogP contribution in [0.2, 0.25) is 0 Å². The Kier molecular flexibility index (Phi) is 8.32. The zero-order valence-electron chi connectivity index (χ0n) is 19.5. The summed E-state index contributed by atoms with van der Waals surface area (Å²) in [6.45, 7) is 9.59. The summed E-state index contributed by atoms with van der Waals surface area (Å²) in [5.41, 5.74) is 13.0. The van der Waals surface area contributed by atoms with Crippen LogP contribution in [0.5, 0.6) is 0 Å². The SMILES string of the molecule is C=C/C=C(\C=C(/CN)C(=N)C(N)=CC(=N)N1CCN(C2CCCCC2)CC1)OC1(C)CC1. The fraction of sp³-hybridized carbons (Fsp3) is 0.600. The van der Waals surface area contributed by atoms with Gasteiger partial charge in [-0.2, -0.15) is 0 Å². The van der Waals surface area contributed by atoms with Crippen molar-refractivity contribution in [2.24, 2.45) is 11.5 Å². The van der Waals surface area contributed by atoms with Crippen molar-refractivity contribution >= 4 is 11.5 Å². The summed E-state index contributed by atoms with van der Waals surface area (Å²) in [5, 5.41) is 17.0. The molecular weight excluding hydrogens is 400 g/mol. The lowest BCUT2D eigenvalue weighted by atomic mass is 9.94. The number of hydrogen-bond acceptors (Lipinski definition) is 6. The summed E-state index contributed by atoms with van der Waals surface area (Å²) < 4.78 is 6.03. The second-order valence-corrected chi connectivity index (χ2v) is 9.41. The Balaban J connectivity index is 1.59. The highest BCUT2D eigenvalue weighted by Gasteiger charge is 2.40. The average Bonchev–Trinajstić information content (AvgIpc) is 3.54. The van der Waals surface area contributed by atoms with Crippen molar-refractivity contribution in [2.45, 2.75) is 63.5 Å². The lowest BCUT2D eigenvalue weighted by Crippen LogP contribution is -2.52. The Morgan fingerprint density at radius 1 is 1.09 bits per heavy atom. The van der Waals surface area contributed by atoms with Gasteiger partial charge in [0.25, 0.3) is 0 Å². The Bertz CT molecular complexity index is 793. The molecule has 7 nitrogen and oxygen atoms in total. The van der Waals surface area contributed by atoms with Crippen LogP contribution in [0.1, 0.15) is 51.9 Å². The lowest BCUT2D eigenvalue weighted by molar-refractivity contribution is 0.107. The summed E-state index contributed by atoms with van der Waals surface area (Å²) in [6.07, 6.45) is 15.5. The molecule has 2 aliphatic carbocycles. The van der Waals surface area contributed by atoms with Gasteiger partial charge in [0.1, 0.15) is 17.2 Å². The van der Waals surface area contributed by atoms with Crippen molar-refractivity contribution in [2.75, 3.05) is 32.7 Å². The molecule has 0 radical (unpaired) electrons. The Morgan fingerprint density at radius 2 is 1.75 bits per heavy atom. The van der Waals surface area contributed by atoms with E-state index < -0.39 is 0 Å². The highest BCUT2D eigenvalue weighted by Crippen LogP contribution is 2.40. The highest BCUT2D eigenvalue weighted by atomic mass is 16.5. The number of nitrogens with two attached hydrogens (primary N) is 2. The number of amidine groups is 1. The molecule has 0 bridgehead atoms. The maximum Gasteiger partial charge on any atom is 0.122 e. The third-order valence-electron chi connectivity index (χ3n) is 6.78. The number of nitrogens with zero attached hydrogens (tertiary/aromatic N) is 2. The monoisotopic (exact) mass is 440 g/mol. The van der Waals surface area contributed by atoms with Crippen LogP contribution in [0.3, 0.4) is 0 Å². The van der Waals surface area contributed by atoms with E-state index in [1.54, 1.807) is 24.3 Å². The number of allylic oxidation sites excluding steroid dienone is 4. The largest absolute Gasteiger partial charge is 0.488 e. The lowest BCUT2D eigenvalue weighted by Gasteiger charge is -2.41. The fourth-order valence-electron chi connectivity index (χ4n) is 4.47. The van der Waals surface area contributed by atoms with Crippen LogP contribution in [0.15, 0.2) is 47.9 Å². The highest BCUT2D eigenvalue weighted by molar-refractivity contribution is 6.13. The molecule has 3 fully saturated rings. The minimum absolute atomic E-state index is 0.137. The normalized spacial score (nSPS) is 23.1. The minimum Gasteiger partial charge on any atom is -0.488 e. The molecule has 0 aromatic carbocycles. The van der Waals surface area contributed by atoms with Crippen LogP contribution >= 0.6 is 0 Å². The van der Waals surface area contributed by atoms with Gasteiger partial charge in [0.15, 0.2) is 0 Å². The van der Waals surface area contributed by atoms with Crippen LogP contribution in [0, 0.1) is 10.8 Å². The Hall–Kier alpha value is -2.38. The summed E-state index contributed by atoms with van der Waals surface area (Å²) in [5.74, 6) is 0.988. The summed E-state index contributed by atoms with van der Waals surface area (Å²) in [7, 11) is 0. The van der Waals surface area contributed by atoms with Crippen LogP contribution < -0.4 is 11.5 Å². The molecule has 0 amide bonds. The number of piperazine rings is 1. The van der Waals surface area contributed by atoms with E-state index in [4.69, 9.17) is 27.0 Å². The molecule has 1 saturated heterocycles. The van der Waals surface area contributed by atoms with Crippen LogP contribution in [-0.4, -0.2) is 65.7 Å². The number of rotatable bonds is 9. The van der Waals surface area contributed by atoms with Crippen LogP contribution in [0.25, 0.3) is 0 Å². The smallest absolute Gasteiger partial charge is 0.122 e. The molecule has 2 saturated carbocycles. The second kappa shape index (κ2) is 11.0. The molecular formula is C25H40N6O. The van der Waals surface area contributed by atoms with Crippen molar-refractivity contribution in [3.8, 4) is 0 Å². The van der Waals surface area contributed by atoms with Crippen molar-refractivity contribution in [1.82, 2.24) is 9.80 Å². The van der Waals surface area contributed by atoms with E-state index in [2.05, 4.69) is 18.4 Å². The van der Waals surface area contributed by atoms with E-state index in [-0.39, 0.29) is 23.6 Å². The number of ether oxygens (including phenoxy) is 1. The minimum atomic E-state index is -0.142. The van der Waals surface area contributed by atoms with Crippen LogP contribution in [-0.2, 0) is 4.74 Å². The first-order valence-corrected chi connectivity index (χ1v) is 11.9. The van der Waals surface area contributed by atoms with Gasteiger partial charge in [0.05, 0.1) is 11.4 Å². The molecule has 6 N–H and O–H groups in total. The van der Waals surface area contributed by atoms with E-state index >= 15 is 0 Å². The topological polar surface area (TPSA) is 115 Å². The molecule has 176 valence electrons. The standard InChI is InChI=1S/C25H40N6O/c1-3-7-21(32-25(2)10-11-25)16-19(18-26)24(29)22(27)17-23(28)31-14-12-30(13-15-31)20-8-5-4-6-9-20/h3,7,16-17,20,28-29H,1,4-6,8-15,18,26-27H2,2H3/b19-16+,21-7+,22-17?,28-23?,29-24?. The Morgan fingerprint density at radius 3 is 2.31 bits per heavy atom. The van der Waals surface area contributed by atoms with Gasteiger partial charge < -0.3 is 21.1 Å². The van der Waals surface area contributed by atoms with Gasteiger partial charge in [0.2, 0.25) is 0 Å². The third kappa shape index (κ3) is 6.56. The van der Waals surface area contributed by atoms with E-state index in [9.17, 15) is 0 Å². The molecule has 3 aliphatic rings. The van der Waals surface area contributed by atoms with Gasteiger partial charge >= 0.3 is 0 Å². The molecule has 0 atom stereocenters. The van der Waals surface area contributed by atoms with Gasteiger partial charge in [-0.05, 0) is 50.3 Å². The van der Waals surface area contributed by atoms with Gasteiger partial charge in [-0.25, -0.2) is 0 Å². The number of hydrogen-bond donors (Lipinski definition) is 4.